The van der Waals surface area contributed by atoms with E-state index in [1.807, 2.05) is 24.3 Å². The molecule has 0 bridgehead atoms. The molecule has 0 unspecified atom stereocenters. The van der Waals surface area contributed by atoms with Crippen LogP contribution >= 0.6 is 0 Å². The van der Waals surface area contributed by atoms with Gasteiger partial charge in [0.2, 0.25) is 0 Å². The third-order valence-corrected chi connectivity index (χ3v) is 3.71. The SMILES string of the molecule is CN(C[C@@H]1CCc2nccn2C1)c1nccnc1C#N. The quantitative estimate of drug-likeness (QED) is 0.837. The molecule has 102 valence electrons. The molecule has 2 aromatic heterocycles. The minimum Gasteiger partial charge on any atom is -0.357 e. The normalized spacial score (nSPS) is 17.3. The summed E-state index contributed by atoms with van der Waals surface area (Å²) < 4.78 is 2.21. The van der Waals surface area contributed by atoms with Crippen LogP contribution < -0.4 is 4.90 Å². The van der Waals surface area contributed by atoms with Gasteiger partial charge in [-0.15, -0.1) is 0 Å². The number of imidazole rings is 1. The number of anilines is 1. The zero-order valence-electron chi connectivity index (χ0n) is 11.4. The van der Waals surface area contributed by atoms with Crippen molar-refractivity contribution < 1.29 is 0 Å². The molecular formula is C14H16N6. The fraction of sp³-hybridized carbons (Fsp3) is 0.429. The molecular weight excluding hydrogens is 252 g/mol. The van der Waals surface area contributed by atoms with Crippen LogP contribution in [-0.2, 0) is 13.0 Å². The highest BCUT2D eigenvalue weighted by molar-refractivity contribution is 5.48. The molecule has 0 aromatic carbocycles. The molecule has 0 radical (unpaired) electrons. The van der Waals surface area contributed by atoms with Crippen LogP contribution in [0.2, 0.25) is 0 Å². The van der Waals surface area contributed by atoms with Gasteiger partial charge in [0.1, 0.15) is 11.9 Å². The minimum atomic E-state index is 0.383. The summed E-state index contributed by atoms with van der Waals surface area (Å²) in [6.07, 6.45) is 9.19. The van der Waals surface area contributed by atoms with Crippen LogP contribution in [0.4, 0.5) is 5.82 Å². The molecule has 0 saturated heterocycles. The number of hydrogen-bond acceptors (Lipinski definition) is 5. The summed E-state index contributed by atoms with van der Waals surface area (Å²) in [5.74, 6) is 2.36. The summed E-state index contributed by atoms with van der Waals surface area (Å²) in [6, 6.07) is 2.09. The summed E-state index contributed by atoms with van der Waals surface area (Å²) in [4.78, 5) is 14.7. The van der Waals surface area contributed by atoms with Crippen LogP contribution in [0.1, 0.15) is 17.9 Å². The first-order valence-electron chi connectivity index (χ1n) is 6.70. The van der Waals surface area contributed by atoms with Crippen LogP contribution in [0, 0.1) is 17.2 Å². The smallest absolute Gasteiger partial charge is 0.183 e. The zero-order valence-corrected chi connectivity index (χ0v) is 11.4. The molecule has 0 N–H and O–H groups in total. The Bertz CT molecular complexity index is 641. The van der Waals surface area contributed by atoms with Gasteiger partial charge in [0, 0.05) is 51.3 Å². The van der Waals surface area contributed by atoms with E-state index in [-0.39, 0.29) is 0 Å². The van der Waals surface area contributed by atoms with E-state index in [0.29, 0.717) is 17.4 Å². The predicted octanol–water partition coefficient (Wildman–Crippen LogP) is 1.24. The highest BCUT2D eigenvalue weighted by atomic mass is 15.2. The molecule has 0 amide bonds. The summed E-state index contributed by atoms with van der Waals surface area (Å²) in [7, 11) is 1.97. The Balaban J connectivity index is 1.71. The minimum absolute atomic E-state index is 0.383. The van der Waals surface area contributed by atoms with E-state index in [9.17, 15) is 0 Å². The summed E-state index contributed by atoms with van der Waals surface area (Å²) in [5, 5.41) is 9.08. The molecule has 3 rings (SSSR count). The third-order valence-electron chi connectivity index (χ3n) is 3.71. The lowest BCUT2D eigenvalue weighted by Crippen LogP contribution is -2.32. The Morgan fingerprint density at radius 2 is 2.20 bits per heavy atom. The van der Waals surface area contributed by atoms with E-state index in [1.165, 1.54) is 5.82 Å². The number of nitrogens with zero attached hydrogens (tertiary/aromatic N) is 6. The van der Waals surface area contributed by atoms with Gasteiger partial charge in [-0.25, -0.2) is 15.0 Å². The van der Waals surface area contributed by atoms with Crippen molar-refractivity contribution in [3.05, 3.63) is 36.3 Å². The third kappa shape index (κ3) is 2.35. The number of rotatable bonds is 3. The van der Waals surface area contributed by atoms with E-state index in [1.54, 1.807) is 12.4 Å². The van der Waals surface area contributed by atoms with E-state index in [0.717, 1.165) is 25.9 Å². The number of hydrogen-bond donors (Lipinski definition) is 0. The molecule has 0 spiro atoms. The number of nitriles is 1. The first-order chi connectivity index (χ1) is 9.78. The molecule has 3 heterocycles. The maximum absolute atomic E-state index is 9.08. The van der Waals surface area contributed by atoms with E-state index >= 15 is 0 Å². The molecule has 1 atom stereocenters. The maximum atomic E-state index is 9.08. The predicted molar refractivity (Wildman–Crippen MR) is 74.1 cm³/mol. The van der Waals surface area contributed by atoms with E-state index in [4.69, 9.17) is 5.26 Å². The Morgan fingerprint density at radius 1 is 1.35 bits per heavy atom. The molecule has 0 fully saturated rings. The van der Waals surface area contributed by atoms with Crippen LogP contribution in [0.3, 0.4) is 0 Å². The van der Waals surface area contributed by atoms with Gasteiger partial charge in [-0.3, -0.25) is 0 Å². The Labute approximate surface area is 117 Å². The number of fused-ring (bicyclic) bond motifs is 1. The van der Waals surface area contributed by atoms with Gasteiger partial charge in [-0.05, 0) is 12.3 Å². The van der Waals surface area contributed by atoms with Crippen molar-refractivity contribution in [2.75, 3.05) is 18.5 Å². The Kier molecular flexibility index (Phi) is 3.33. The number of aromatic nitrogens is 4. The summed E-state index contributed by atoms with van der Waals surface area (Å²) >= 11 is 0. The van der Waals surface area contributed by atoms with Crippen molar-refractivity contribution in [2.45, 2.75) is 19.4 Å². The lowest BCUT2D eigenvalue weighted by atomic mass is 9.99. The van der Waals surface area contributed by atoms with Crippen molar-refractivity contribution in [3.8, 4) is 6.07 Å². The first-order valence-corrected chi connectivity index (χ1v) is 6.70. The summed E-state index contributed by atoms with van der Waals surface area (Å²) in [5.41, 5.74) is 0.383. The van der Waals surface area contributed by atoms with Gasteiger partial charge in [-0.2, -0.15) is 5.26 Å². The summed E-state index contributed by atoms with van der Waals surface area (Å²) in [6.45, 7) is 1.84. The van der Waals surface area contributed by atoms with Gasteiger partial charge >= 0.3 is 0 Å². The van der Waals surface area contributed by atoms with Gasteiger partial charge in [0.15, 0.2) is 11.5 Å². The highest BCUT2D eigenvalue weighted by Gasteiger charge is 2.21. The molecule has 1 aliphatic heterocycles. The first kappa shape index (κ1) is 12.6. The van der Waals surface area contributed by atoms with E-state index < -0.39 is 0 Å². The maximum Gasteiger partial charge on any atom is 0.183 e. The molecule has 0 saturated carbocycles. The Hall–Kier alpha value is -2.42. The van der Waals surface area contributed by atoms with Crippen LogP contribution in [0.5, 0.6) is 0 Å². The average Bonchev–Trinajstić information content (AvgIpc) is 2.94. The van der Waals surface area contributed by atoms with Crippen LogP contribution in [0.15, 0.2) is 24.8 Å². The van der Waals surface area contributed by atoms with Crippen molar-refractivity contribution in [1.82, 2.24) is 19.5 Å². The second-order valence-corrected chi connectivity index (χ2v) is 5.12. The lowest BCUT2D eigenvalue weighted by Gasteiger charge is -2.28. The Morgan fingerprint density at radius 3 is 3.05 bits per heavy atom. The number of aryl methyl sites for hydroxylation is 1. The molecule has 0 aliphatic carbocycles. The van der Waals surface area contributed by atoms with Crippen LogP contribution in [0.25, 0.3) is 0 Å². The van der Waals surface area contributed by atoms with Crippen molar-refractivity contribution >= 4 is 5.82 Å². The van der Waals surface area contributed by atoms with Gasteiger partial charge in [-0.1, -0.05) is 0 Å². The standard InChI is InChI=1S/C14H16N6/c1-19(14-12(8-15)16-4-5-18-14)9-11-2-3-13-17-6-7-20(13)10-11/h4-7,11H,2-3,9-10H2,1H3/t11-/m0/s1. The van der Waals surface area contributed by atoms with Gasteiger partial charge in [0.25, 0.3) is 0 Å². The van der Waals surface area contributed by atoms with Crippen molar-refractivity contribution in [3.63, 3.8) is 0 Å². The molecule has 6 nitrogen and oxygen atoms in total. The molecule has 20 heavy (non-hydrogen) atoms. The monoisotopic (exact) mass is 268 g/mol. The fourth-order valence-corrected chi connectivity index (χ4v) is 2.75. The van der Waals surface area contributed by atoms with Crippen LogP contribution in [-0.4, -0.2) is 33.1 Å². The zero-order chi connectivity index (χ0) is 13.9. The van der Waals surface area contributed by atoms with Crippen molar-refractivity contribution in [1.29, 1.82) is 5.26 Å². The highest BCUT2D eigenvalue weighted by Crippen LogP contribution is 2.21. The van der Waals surface area contributed by atoms with Gasteiger partial charge < -0.3 is 9.47 Å². The molecule has 6 heteroatoms. The second kappa shape index (κ2) is 5.29. The molecule has 2 aromatic rings. The topological polar surface area (TPSA) is 70.6 Å². The largest absolute Gasteiger partial charge is 0.357 e. The van der Waals surface area contributed by atoms with E-state index in [2.05, 4.69) is 25.6 Å². The fourth-order valence-electron chi connectivity index (χ4n) is 2.75. The van der Waals surface area contributed by atoms with Crippen molar-refractivity contribution in [2.24, 2.45) is 5.92 Å². The van der Waals surface area contributed by atoms with Gasteiger partial charge in [0.05, 0.1) is 0 Å². The molecule has 1 aliphatic rings. The average molecular weight is 268 g/mol. The second-order valence-electron chi connectivity index (χ2n) is 5.12. The lowest BCUT2D eigenvalue weighted by molar-refractivity contribution is 0.368.